The molecule has 0 spiro atoms. The van der Waals surface area contributed by atoms with E-state index < -0.39 is 0 Å². The minimum absolute atomic E-state index is 0.598. The lowest BCUT2D eigenvalue weighted by molar-refractivity contribution is 0.418. The van der Waals surface area contributed by atoms with Crippen molar-refractivity contribution in [1.82, 2.24) is 14.8 Å². The molecule has 0 radical (unpaired) electrons. The Balaban J connectivity index is 1.66. The fourth-order valence-electron chi connectivity index (χ4n) is 2.90. The Morgan fingerprint density at radius 3 is 2.57 bits per heavy atom. The molecule has 1 aliphatic rings. The highest BCUT2D eigenvalue weighted by atomic mass is 35.5. The summed E-state index contributed by atoms with van der Waals surface area (Å²) in [4.78, 5) is 0. The van der Waals surface area contributed by atoms with E-state index in [0.717, 1.165) is 21.8 Å². The van der Waals surface area contributed by atoms with Gasteiger partial charge in [0.25, 0.3) is 0 Å². The lowest BCUT2D eigenvalue weighted by Crippen LogP contribution is -2.10. The van der Waals surface area contributed by atoms with Crippen molar-refractivity contribution in [1.29, 1.82) is 0 Å². The Labute approximate surface area is 135 Å². The monoisotopic (exact) mass is 321 g/mol. The van der Waals surface area contributed by atoms with Gasteiger partial charge in [-0.1, -0.05) is 54.8 Å². The normalized spacial score (nSPS) is 16.3. The van der Waals surface area contributed by atoms with E-state index in [0.29, 0.717) is 5.92 Å². The van der Waals surface area contributed by atoms with E-state index in [4.69, 9.17) is 11.6 Å². The molecule has 0 saturated heterocycles. The van der Waals surface area contributed by atoms with Crippen LogP contribution < -0.4 is 0 Å². The molecule has 1 aromatic heterocycles. The number of thioether (sulfide) groups is 1. The molecule has 1 saturated carbocycles. The zero-order valence-corrected chi connectivity index (χ0v) is 13.8. The van der Waals surface area contributed by atoms with Gasteiger partial charge in [-0.3, -0.25) is 0 Å². The van der Waals surface area contributed by atoms with E-state index >= 15 is 0 Å². The van der Waals surface area contributed by atoms with Gasteiger partial charge in [0.2, 0.25) is 0 Å². The van der Waals surface area contributed by atoms with Crippen molar-refractivity contribution >= 4 is 23.4 Å². The quantitative estimate of drug-likeness (QED) is 0.757. The maximum absolute atomic E-state index is 5.91. The average Bonchev–Trinajstić information content (AvgIpc) is 2.89. The molecule has 112 valence electrons. The van der Waals surface area contributed by atoms with Gasteiger partial charge < -0.3 is 4.57 Å². The van der Waals surface area contributed by atoms with E-state index in [1.807, 2.05) is 12.1 Å². The second-order valence-corrected chi connectivity index (χ2v) is 7.03. The van der Waals surface area contributed by atoms with Crippen LogP contribution in [-0.2, 0) is 12.8 Å². The zero-order valence-electron chi connectivity index (χ0n) is 12.3. The summed E-state index contributed by atoms with van der Waals surface area (Å²) in [6.45, 7) is 0. The Hall–Kier alpha value is -1.00. The smallest absolute Gasteiger partial charge is 0.191 e. The fraction of sp³-hybridized carbons (Fsp3) is 0.500. The lowest BCUT2D eigenvalue weighted by Gasteiger charge is -2.20. The first-order valence-electron chi connectivity index (χ1n) is 7.50. The van der Waals surface area contributed by atoms with Gasteiger partial charge in [-0.25, -0.2) is 0 Å². The second kappa shape index (κ2) is 6.84. The SMILES string of the molecule is Cn1c(SCc2ccc(Cl)cc2)nnc1C1CCCCC1. The number of nitrogens with zero attached hydrogens (tertiary/aromatic N) is 3. The molecule has 3 rings (SSSR count). The first-order valence-corrected chi connectivity index (χ1v) is 8.87. The third-order valence-corrected chi connectivity index (χ3v) is 5.46. The molecule has 0 N–H and O–H groups in total. The van der Waals surface area contributed by atoms with Gasteiger partial charge >= 0.3 is 0 Å². The Bertz CT molecular complexity index is 588. The number of rotatable bonds is 4. The summed E-state index contributed by atoms with van der Waals surface area (Å²) in [5.74, 6) is 2.66. The molecule has 5 heteroatoms. The summed E-state index contributed by atoms with van der Waals surface area (Å²) in [7, 11) is 2.09. The van der Waals surface area contributed by atoms with Crippen LogP contribution in [0.15, 0.2) is 29.4 Å². The molecule has 21 heavy (non-hydrogen) atoms. The predicted molar refractivity (Wildman–Crippen MR) is 87.8 cm³/mol. The maximum atomic E-state index is 5.91. The number of aromatic nitrogens is 3. The minimum atomic E-state index is 0.598. The van der Waals surface area contributed by atoms with Gasteiger partial charge in [-0.05, 0) is 30.5 Å². The van der Waals surface area contributed by atoms with Crippen molar-refractivity contribution in [2.75, 3.05) is 0 Å². The van der Waals surface area contributed by atoms with Crippen LogP contribution in [0.5, 0.6) is 0 Å². The van der Waals surface area contributed by atoms with E-state index in [1.165, 1.54) is 37.7 Å². The van der Waals surface area contributed by atoms with Crippen molar-refractivity contribution in [3.8, 4) is 0 Å². The molecule has 0 bridgehead atoms. The van der Waals surface area contributed by atoms with Crippen molar-refractivity contribution in [2.24, 2.45) is 7.05 Å². The van der Waals surface area contributed by atoms with Crippen LogP contribution in [0.2, 0.25) is 5.02 Å². The first kappa shape index (κ1) is 14.9. The van der Waals surface area contributed by atoms with Crippen LogP contribution in [0.25, 0.3) is 0 Å². The highest BCUT2D eigenvalue weighted by molar-refractivity contribution is 7.98. The highest BCUT2D eigenvalue weighted by Crippen LogP contribution is 2.33. The Morgan fingerprint density at radius 2 is 1.86 bits per heavy atom. The summed E-state index contributed by atoms with van der Waals surface area (Å²) in [6.07, 6.45) is 6.53. The molecular formula is C16H20ClN3S. The molecule has 1 aliphatic carbocycles. The van der Waals surface area contributed by atoms with Crippen LogP contribution in [-0.4, -0.2) is 14.8 Å². The number of hydrogen-bond acceptors (Lipinski definition) is 3. The first-order chi connectivity index (χ1) is 10.2. The van der Waals surface area contributed by atoms with Crippen LogP contribution in [0.3, 0.4) is 0 Å². The van der Waals surface area contributed by atoms with E-state index in [-0.39, 0.29) is 0 Å². The van der Waals surface area contributed by atoms with Gasteiger partial charge in [-0.2, -0.15) is 0 Å². The molecule has 1 fully saturated rings. The van der Waals surface area contributed by atoms with Gasteiger partial charge in [0.1, 0.15) is 5.82 Å². The molecule has 0 atom stereocenters. The molecule has 0 unspecified atom stereocenters. The largest absolute Gasteiger partial charge is 0.309 e. The van der Waals surface area contributed by atoms with E-state index in [1.54, 1.807) is 11.8 Å². The number of hydrogen-bond donors (Lipinski definition) is 0. The van der Waals surface area contributed by atoms with Gasteiger partial charge in [-0.15, -0.1) is 10.2 Å². The zero-order chi connectivity index (χ0) is 14.7. The van der Waals surface area contributed by atoms with Crippen molar-refractivity contribution < 1.29 is 0 Å². The standard InChI is InChI=1S/C16H20ClN3S/c1-20-15(13-5-3-2-4-6-13)18-19-16(20)21-11-12-7-9-14(17)10-8-12/h7-10,13H,2-6,11H2,1H3. The van der Waals surface area contributed by atoms with Crippen molar-refractivity contribution in [2.45, 2.75) is 48.9 Å². The third kappa shape index (κ3) is 3.61. The molecule has 3 nitrogen and oxygen atoms in total. The van der Waals surface area contributed by atoms with Crippen molar-refractivity contribution in [3.63, 3.8) is 0 Å². The predicted octanol–water partition coefficient (Wildman–Crippen LogP) is 4.81. The molecule has 2 aromatic rings. The third-order valence-electron chi connectivity index (χ3n) is 4.12. The van der Waals surface area contributed by atoms with Gasteiger partial charge in [0.15, 0.2) is 5.16 Å². The average molecular weight is 322 g/mol. The molecule has 0 amide bonds. The van der Waals surface area contributed by atoms with E-state index in [2.05, 4.69) is 33.9 Å². The van der Waals surface area contributed by atoms with Crippen LogP contribution in [0, 0.1) is 0 Å². The topological polar surface area (TPSA) is 30.7 Å². The van der Waals surface area contributed by atoms with Crippen molar-refractivity contribution in [3.05, 3.63) is 40.7 Å². The number of benzene rings is 1. The number of halogens is 1. The Morgan fingerprint density at radius 1 is 1.14 bits per heavy atom. The van der Waals surface area contributed by atoms with Crippen LogP contribution >= 0.6 is 23.4 Å². The Kier molecular flexibility index (Phi) is 4.86. The maximum Gasteiger partial charge on any atom is 0.191 e. The van der Waals surface area contributed by atoms with Crippen LogP contribution in [0.4, 0.5) is 0 Å². The summed E-state index contributed by atoms with van der Waals surface area (Å²) < 4.78 is 2.18. The fourth-order valence-corrected chi connectivity index (χ4v) is 3.90. The van der Waals surface area contributed by atoms with Gasteiger partial charge in [0.05, 0.1) is 0 Å². The second-order valence-electron chi connectivity index (χ2n) is 5.65. The molecule has 1 heterocycles. The lowest BCUT2D eigenvalue weighted by atomic mass is 9.89. The van der Waals surface area contributed by atoms with Gasteiger partial charge in [0, 0.05) is 23.7 Å². The molecular weight excluding hydrogens is 302 g/mol. The molecule has 1 aromatic carbocycles. The highest BCUT2D eigenvalue weighted by Gasteiger charge is 2.21. The summed E-state index contributed by atoms with van der Waals surface area (Å²) in [5, 5.41) is 10.6. The summed E-state index contributed by atoms with van der Waals surface area (Å²) in [5.41, 5.74) is 1.26. The summed E-state index contributed by atoms with van der Waals surface area (Å²) in [6, 6.07) is 7.99. The molecule has 0 aliphatic heterocycles. The van der Waals surface area contributed by atoms with E-state index in [9.17, 15) is 0 Å². The summed E-state index contributed by atoms with van der Waals surface area (Å²) >= 11 is 7.65. The minimum Gasteiger partial charge on any atom is -0.309 e. The van der Waals surface area contributed by atoms with Crippen LogP contribution in [0.1, 0.15) is 49.4 Å².